The number of carbonyl (C=O) groups is 1. The summed E-state index contributed by atoms with van der Waals surface area (Å²) in [6.07, 6.45) is 0. The summed E-state index contributed by atoms with van der Waals surface area (Å²) in [5.41, 5.74) is 0.424. The molecule has 0 fully saturated rings. The lowest BCUT2D eigenvalue weighted by Gasteiger charge is -2.12. The van der Waals surface area contributed by atoms with Crippen molar-refractivity contribution in [3.05, 3.63) is 24.3 Å². The standard InChI is InChI=1S/C12H18N2O4S/c1-4-18-9-12(15)13-10-6-5-7-11(8-10)19(16,17)14(2)3/h5-8H,4,9H2,1-3H3,(H,13,15). The number of anilines is 1. The molecule has 0 saturated heterocycles. The average Bonchev–Trinajstić information content (AvgIpc) is 2.36. The SMILES string of the molecule is CCOCC(=O)Nc1cccc(S(=O)(=O)N(C)C)c1. The largest absolute Gasteiger partial charge is 0.372 e. The van der Waals surface area contributed by atoms with Crippen LogP contribution in [0.1, 0.15) is 6.92 Å². The van der Waals surface area contributed by atoms with Gasteiger partial charge in [0.1, 0.15) is 6.61 Å². The molecule has 1 aromatic carbocycles. The molecule has 0 heterocycles. The summed E-state index contributed by atoms with van der Waals surface area (Å²) in [5, 5.41) is 2.58. The van der Waals surface area contributed by atoms with Gasteiger partial charge in [-0.2, -0.15) is 0 Å². The molecule has 0 aliphatic carbocycles. The second-order valence-electron chi connectivity index (χ2n) is 4.00. The van der Waals surface area contributed by atoms with Gasteiger partial charge >= 0.3 is 0 Å². The predicted molar refractivity (Wildman–Crippen MR) is 72.4 cm³/mol. The Morgan fingerprint density at radius 2 is 2.05 bits per heavy atom. The number of sulfonamides is 1. The summed E-state index contributed by atoms with van der Waals surface area (Å²) in [6, 6.07) is 6.10. The number of hydrogen-bond acceptors (Lipinski definition) is 4. The van der Waals surface area contributed by atoms with Crippen LogP contribution in [-0.2, 0) is 19.6 Å². The maximum absolute atomic E-state index is 11.9. The third-order valence-electron chi connectivity index (χ3n) is 2.33. The summed E-state index contributed by atoms with van der Waals surface area (Å²) < 4.78 is 29.9. The fraction of sp³-hybridized carbons (Fsp3) is 0.417. The van der Waals surface area contributed by atoms with Crippen molar-refractivity contribution in [2.24, 2.45) is 0 Å². The predicted octanol–water partition coefficient (Wildman–Crippen LogP) is 0.912. The van der Waals surface area contributed by atoms with E-state index in [0.717, 1.165) is 4.31 Å². The fourth-order valence-corrected chi connectivity index (χ4v) is 2.29. The zero-order valence-electron chi connectivity index (χ0n) is 11.2. The number of nitrogens with one attached hydrogen (secondary N) is 1. The van der Waals surface area contributed by atoms with Crippen LogP contribution in [0.3, 0.4) is 0 Å². The molecule has 0 unspecified atom stereocenters. The molecule has 0 bridgehead atoms. The molecule has 0 aliphatic heterocycles. The van der Waals surface area contributed by atoms with Crippen LogP contribution in [0, 0.1) is 0 Å². The Hall–Kier alpha value is -1.44. The lowest BCUT2D eigenvalue weighted by Crippen LogP contribution is -2.23. The Kier molecular flexibility index (Phi) is 5.46. The molecule has 1 amide bonds. The minimum Gasteiger partial charge on any atom is -0.372 e. The van der Waals surface area contributed by atoms with Gasteiger partial charge in [-0.1, -0.05) is 6.07 Å². The van der Waals surface area contributed by atoms with Crippen LogP contribution in [0.25, 0.3) is 0 Å². The maximum atomic E-state index is 11.9. The minimum absolute atomic E-state index is 0.0544. The quantitative estimate of drug-likeness (QED) is 0.843. The number of ether oxygens (including phenoxy) is 1. The van der Waals surface area contributed by atoms with Gasteiger partial charge in [0.15, 0.2) is 0 Å². The minimum atomic E-state index is -3.50. The first-order valence-electron chi connectivity index (χ1n) is 5.78. The van der Waals surface area contributed by atoms with Gasteiger partial charge in [-0.15, -0.1) is 0 Å². The third-order valence-corrected chi connectivity index (χ3v) is 4.14. The molecule has 1 rings (SSSR count). The number of benzene rings is 1. The summed E-state index contributed by atoms with van der Waals surface area (Å²) in [4.78, 5) is 11.6. The second-order valence-corrected chi connectivity index (χ2v) is 6.15. The second kappa shape index (κ2) is 6.65. The summed E-state index contributed by atoms with van der Waals surface area (Å²) >= 11 is 0. The average molecular weight is 286 g/mol. The van der Waals surface area contributed by atoms with Crippen LogP contribution in [0.5, 0.6) is 0 Å². The van der Waals surface area contributed by atoms with E-state index in [1.54, 1.807) is 19.1 Å². The summed E-state index contributed by atoms with van der Waals surface area (Å²) in [7, 11) is -0.593. The first-order valence-corrected chi connectivity index (χ1v) is 7.22. The van der Waals surface area contributed by atoms with Gasteiger partial charge in [-0.05, 0) is 25.1 Å². The summed E-state index contributed by atoms with van der Waals surface area (Å²) in [5.74, 6) is -0.318. The molecule has 0 spiro atoms. The van der Waals surface area contributed by atoms with E-state index < -0.39 is 10.0 Å². The Morgan fingerprint density at radius 3 is 2.63 bits per heavy atom. The van der Waals surface area contributed by atoms with Crippen molar-refractivity contribution in [1.82, 2.24) is 4.31 Å². The Labute approximate surface area is 113 Å². The first kappa shape index (κ1) is 15.6. The van der Waals surface area contributed by atoms with E-state index in [4.69, 9.17) is 4.74 Å². The molecule has 0 aliphatic rings. The van der Waals surface area contributed by atoms with Gasteiger partial charge in [0.2, 0.25) is 15.9 Å². The molecule has 19 heavy (non-hydrogen) atoms. The molecule has 1 N–H and O–H groups in total. The lowest BCUT2D eigenvalue weighted by molar-refractivity contribution is -0.120. The molecule has 0 aromatic heterocycles. The molecule has 6 nitrogen and oxygen atoms in total. The van der Waals surface area contributed by atoms with Crippen molar-refractivity contribution in [2.75, 3.05) is 32.6 Å². The van der Waals surface area contributed by atoms with Crippen LogP contribution < -0.4 is 5.32 Å². The van der Waals surface area contributed by atoms with E-state index in [2.05, 4.69) is 5.32 Å². The summed E-state index contributed by atoms with van der Waals surface area (Å²) in [6.45, 7) is 2.18. The molecule has 0 atom stereocenters. The zero-order valence-corrected chi connectivity index (χ0v) is 12.0. The van der Waals surface area contributed by atoms with Crippen molar-refractivity contribution >= 4 is 21.6 Å². The van der Waals surface area contributed by atoms with E-state index in [0.29, 0.717) is 12.3 Å². The van der Waals surface area contributed by atoms with Gasteiger partial charge in [-0.25, -0.2) is 12.7 Å². The molecule has 7 heteroatoms. The first-order chi connectivity index (χ1) is 8.87. The van der Waals surface area contributed by atoms with Crippen LogP contribution in [-0.4, -0.2) is 45.9 Å². The molecule has 106 valence electrons. The number of carbonyl (C=O) groups excluding carboxylic acids is 1. The van der Waals surface area contributed by atoms with E-state index >= 15 is 0 Å². The van der Waals surface area contributed by atoms with Gasteiger partial charge < -0.3 is 10.1 Å². The van der Waals surface area contributed by atoms with Crippen LogP contribution in [0.2, 0.25) is 0 Å². The Morgan fingerprint density at radius 1 is 1.37 bits per heavy atom. The molecular formula is C12H18N2O4S. The highest BCUT2D eigenvalue weighted by Gasteiger charge is 2.17. The van der Waals surface area contributed by atoms with E-state index in [1.807, 2.05) is 0 Å². The van der Waals surface area contributed by atoms with Crippen LogP contribution in [0.15, 0.2) is 29.2 Å². The number of hydrogen-bond donors (Lipinski definition) is 1. The van der Waals surface area contributed by atoms with Crippen molar-refractivity contribution in [2.45, 2.75) is 11.8 Å². The van der Waals surface area contributed by atoms with Crippen molar-refractivity contribution in [1.29, 1.82) is 0 Å². The fourth-order valence-electron chi connectivity index (χ4n) is 1.34. The van der Waals surface area contributed by atoms with Crippen molar-refractivity contribution in [3.63, 3.8) is 0 Å². The maximum Gasteiger partial charge on any atom is 0.250 e. The highest BCUT2D eigenvalue weighted by Crippen LogP contribution is 2.17. The monoisotopic (exact) mass is 286 g/mol. The molecular weight excluding hydrogens is 268 g/mol. The third kappa shape index (κ3) is 4.30. The van der Waals surface area contributed by atoms with Gasteiger partial charge in [0.05, 0.1) is 4.90 Å². The van der Waals surface area contributed by atoms with Gasteiger partial charge in [-0.3, -0.25) is 4.79 Å². The smallest absolute Gasteiger partial charge is 0.250 e. The van der Waals surface area contributed by atoms with E-state index in [1.165, 1.54) is 26.2 Å². The topological polar surface area (TPSA) is 75.7 Å². The highest BCUT2D eigenvalue weighted by atomic mass is 32.2. The van der Waals surface area contributed by atoms with Crippen molar-refractivity contribution in [3.8, 4) is 0 Å². The van der Waals surface area contributed by atoms with Gasteiger partial charge in [0, 0.05) is 26.4 Å². The number of rotatable bonds is 6. The number of nitrogens with zero attached hydrogens (tertiary/aromatic N) is 1. The Bertz CT molecular complexity index is 540. The van der Waals surface area contributed by atoms with Gasteiger partial charge in [0.25, 0.3) is 0 Å². The lowest BCUT2D eigenvalue weighted by atomic mass is 10.3. The molecule has 0 saturated carbocycles. The van der Waals surface area contributed by atoms with Crippen LogP contribution >= 0.6 is 0 Å². The normalized spacial score (nSPS) is 11.6. The Balaban J connectivity index is 2.87. The molecule has 0 radical (unpaired) electrons. The van der Waals surface area contributed by atoms with E-state index in [9.17, 15) is 13.2 Å². The molecule has 1 aromatic rings. The zero-order chi connectivity index (χ0) is 14.5. The van der Waals surface area contributed by atoms with Crippen molar-refractivity contribution < 1.29 is 17.9 Å². The van der Waals surface area contributed by atoms with Crippen LogP contribution in [0.4, 0.5) is 5.69 Å². The van der Waals surface area contributed by atoms with E-state index in [-0.39, 0.29) is 17.4 Å². The highest BCUT2D eigenvalue weighted by molar-refractivity contribution is 7.89. The number of amides is 1.